The van der Waals surface area contributed by atoms with Crippen molar-refractivity contribution in [3.63, 3.8) is 0 Å². The number of carbonyl (C=O) groups excluding carboxylic acids is 2. The van der Waals surface area contributed by atoms with Gasteiger partial charge in [0, 0.05) is 37.7 Å². The average molecular weight is 373 g/mol. The second kappa shape index (κ2) is 7.13. The Bertz CT molecular complexity index is 980. The second-order valence-electron chi connectivity index (χ2n) is 5.90. The number of rotatable bonds is 4. The number of amides is 1. The molecular formula is C18H17ClN4O3. The summed E-state index contributed by atoms with van der Waals surface area (Å²) in [5.74, 6) is 0.162. The van der Waals surface area contributed by atoms with Crippen molar-refractivity contribution in [1.29, 1.82) is 0 Å². The largest absolute Gasteiger partial charge is 0.408 e. The van der Waals surface area contributed by atoms with E-state index >= 15 is 0 Å². The van der Waals surface area contributed by atoms with E-state index in [-0.39, 0.29) is 18.3 Å². The van der Waals surface area contributed by atoms with Crippen LogP contribution in [-0.2, 0) is 16.1 Å². The van der Waals surface area contributed by atoms with Crippen LogP contribution >= 0.6 is 11.6 Å². The van der Waals surface area contributed by atoms with Gasteiger partial charge in [0.1, 0.15) is 17.9 Å². The number of aromatic nitrogens is 3. The van der Waals surface area contributed by atoms with Crippen LogP contribution < -0.4 is 4.74 Å². The molecule has 1 aromatic carbocycles. The number of imidazole rings is 1. The summed E-state index contributed by atoms with van der Waals surface area (Å²) in [6.07, 6.45) is 0. The minimum absolute atomic E-state index is 0.0536. The van der Waals surface area contributed by atoms with Gasteiger partial charge in [0.2, 0.25) is 11.8 Å². The molecule has 2 aromatic heterocycles. The van der Waals surface area contributed by atoms with Crippen molar-refractivity contribution in [2.24, 2.45) is 0 Å². The van der Waals surface area contributed by atoms with E-state index in [4.69, 9.17) is 16.3 Å². The lowest BCUT2D eigenvalue weighted by Gasteiger charge is -2.13. The first-order chi connectivity index (χ1) is 12.3. The maximum absolute atomic E-state index is 12.3. The predicted molar refractivity (Wildman–Crippen MR) is 98.0 cm³/mol. The van der Waals surface area contributed by atoms with Gasteiger partial charge < -0.3 is 9.64 Å². The van der Waals surface area contributed by atoms with E-state index < -0.39 is 5.97 Å². The smallest absolute Gasteiger partial charge is 0.309 e. The monoisotopic (exact) mass is 372 g/mol. The van der Waals surface area contributed by atoms with Crippen molar-refractivity contribution in [2.45, 2.75) is 13.5 Å². The van der Waals surface area contributed by atoms with Crippen LogP contribution in [0, 0.1) is 0 Å². The summed E-state index contributed by atoms with van der Waals surface area (Å²) < 4.78 is 6.76. The number of hydrogen-bond donors (Lipinski definition) is 0. The maximum Gasteiger partial charge on any atom is 0.309 e. The van der Waals surface area contributed by atoms with Crippen LogP contribution in [0.2, 0.25) is 5.02 Å². The maximum atomic E-state index is 12.3. The molecule has 0 aliphatic rings. The first-order valence-corrected chi connectivity index (χ1v) is 8.24. The van der Waals surface area contributed by atoms with E-state index in [0.29, 0.717) is 22.0 Å². The van der Waals surface area contributed by atoms with Crippen LogP contribution in [-0.4, -0.2) is 45.4 Å². The minimum atomic E-state index is -0.467. The van der Waals surface area contributed by atoms with Gasteiger partial charge in [0.05, 0.1) is 0 Å². The lowest BCUT2D eigenvalue weighted by Crippen LogP contribution is -2.26. The van der Waals surface area contributed by atoms with Crippen LogP contribution in [0.1, 0.15) is 6.92 Å². The molecule has 2 heterocycles. The Labute approximate surface area is 155 Å². The van der Waals surface area contributed by atoms with E-state index in [1.807, 2.05) is 12.1 Å². The summed E-state index contributed by atoms with van der Waals surface area (Å²) in [4.78, 5) is 33.9. The molecule has 0 spiro atoms. The van der Waals surface area contributed by atoms with Crippen molar-refractivity contribution < 1.29 is 14.3 Å². The molecule has 0 aliphatic carbocycles. The van der Waals surface area contributed by atoms with Gasteiger partial charge in [-0.1, -0.05) is 11.6 Å². The fourth-order valence-electron chi connectivity index (χ4n) is 2.43. The van der Waals surface area contributed by atoms with Crippen molar-refractivity contribution in [2.75, 3.05) is 14.1 Å². The molecule has 0 aliphatic heterocycles. The Hall–Kier alpha value is -2.93. The molecule has 0 unspecified atom stereocenters. The molecule has 26 heavy (non-hydrogen) atoms. The number of hydrogen-bond acceptors (Lipinski definition) is 5. The van der Waals surface area contributed by atoms with Gasteiger partial charge in [-0.25, -0.2) is 4.98 Å². The van der Waals surface area contributed by atoms with E-state index in [1.165, 1.54) is 11.8 Å². The van der Waals surface area contributed by atoms with E-state index in [2.05, 4.69) is 9.97 Å². The first kappa shape index (κ1) is 17.9. The lowest BCUT2D eigenvalue weighted by molar-refractivity contribution is -0.132. The number of esters is 1. The van der Waals surface area contributed by atoms with Crippen LogP contribution in [0.25, 0.3) is 22.6 Å². The Morgan fingerprint density at radius 2 is 1.81 bits per heavy atom. The third kappa shape index (κ3) is 3.67. The number of halogens is 1. The van der Waals surface area contributed by atoms with Gasteiger partial charge in [-0.05, 0) is 30.3 Å². The number of nitrogens with zero attached hydrogens (tertiary/aromatic N) is 4. The molecule has 0 atom stereocenters. The molecule has 0 saturated carbocycles. The summed E-state index contributed by atoms with van der Waals surface area (Å²) in [6, 6.07) is 10.4. The molecule has 7 nitrogen and oxygen atoms in total. The summed E-state index contributed by atoms with van der Waals surface area (Å²) in [5.41, 5.74) is 1.86. The lowest BCUT2D eigenvalue weighted by atomic mass is 10.2. The molecule has 134 valence electrons. The molecule has 0 fully saturated rings. The van der Waals surface area contributed by atoms with E-state index in [9.17, 15) is 9.59 Å². The molecular weight excluding hydrogens is 356 g/mol. The van der Waals surface area contributed by atoms with Crippen molar-refractivity contribution >= 4 is 34.6 Å². The number of benzene rings is 1. The van der Waals surface area contributed by atoms with E-state index in [0.717, 1.165) is 5.56 Å². The Morgan fingerprint density at radius 1 is 1.12 bits per heavy atom. The summed E-state index contributed by atoms with van der Waals surface area (Å²) >= 11 is 5.96. The minimum Gasteiger partial charge on any atom is -0.408 e. The van der Waals surface area contributed by atoms with Crippen LogP contribution in [0.3, 0.4) is 0 Å². The SMILES string of the molecule is CC(=O)Oc1ccc2nc(-c3ccc(Cl)cc3)n(CC(=O)N(C)C)c2n1. The Morgan fingerprint density at radius 3 is 2.42 bits per heavy atom. The number of pyridine rings is 1. The highest BCUT2D eigenvalue weighted by Crippen LogP contribution is 2.26. The second-order valence-corrected chi connectivity index (χ2v) is 6.34. The molecule has 1 amide bonds. The third-order valence-corrected chi connectivity index (χ3v) is 3.96. The number of likely N-dealkylation sites (N-methyl/N-ethyl adjacent to an activating group) is 1. The number of fused-ring (bicyclic) bond motifs is 1. The standard InChI is InChI=1S/C18H17ClN4O3/c1-11(24)26-15-9-8-14-18(21-15)23(10-16(25)22(2)3)17(20-14)12-4-6-13(19)7-5-12/h4-9H,10H2,1-3H3. The molecule has 0 N–H and O–H groups in total. The van der Waals surface area contributed by atoms with Gasteiger partial charge in [0.25, 0.3) is 0 Å². The van der Waals surface area contributed by atoms with Crippen molar-refractivity contribution in [3.05, 3.63) is 41.4 Å². The Balaban J connectivity index is 2.17. The molecule has 0 saturated heterocycles. The molecule has 8 heteroatoms. The highest BCUT2D eigenvalue weighted by atomic mass is 35.5. The summed E-state index contributed by atoms with van der Waals surface area (Å²) in [7, 11) is 3.36. The zero-order valence-electron chi connectivity index (χ0n) is 14.6. The third-order valence-electron chi connectivity index (χ3n) is 3.71. The molecule has 3 rings (SSSR count). The summed E-state index contributed by atoms with van der Waals surface area (Å²) in [6.45, 7) is 1.36. The summed E-state index contributed by atoms with van der Waals surface area (Å²) in [5, 5.41) is 0.607. The topological polar surface area (TPSA) is 77.3 Å². The van der Waals surface area contributed by atoms with Gasteiger partial charge in [-0.2, -0.15) is 4.98 Å². The van der Waals surface area contributed by atoms with Gasteiger partial charge in [-0.15, -0.1) is 0 Å². The highest BCUT2D eigenvalue weighted by molar-refractivity contribution is 6.30. The highest BCUT2D eigenvalue weighted by Gasteiger charge is 2.18. The molecule has 3 aromatic rings. The zero-order chi connectivity index (χ0) is 18.8. The van der Waals surface area contributed by atoms with Crippen molar-refractivity contribution in [3.8, 4) is 17.3 Å². The quantitative estimate of drug-likeness (QED) is 0.658. The van der Waals surface area contributed by atoms with Gasteiger partial charge in [0.15, 0.2) is 5.65 Å². The zero-order valence-corrected chi connectivity index (χ0v) is 15.3. The fraction of sp³-hybridized carbons (Fsp3) is 0.222. The number of carbonyl (C=O) groups is 2. The Kier molecular flexibility index (Phi) is 4.90. The first-order valence-electron chi connectivity index (χ1n) is 7.87. The normalized spacial score (nSPS) is 10.8. The van der Waals surface area contributed by atoms with Gasteiger partial charge >= 0.3 is 5.97 Å². The molecule has 0 bridgehead atoms. The fourth-order valence-corrected chi connectivity index (χ4v) is 2.56. The van der Waals surface area contributed by atoms with Crippen LogP contribution in [0.5, 0.6) is 5.88 Å². The van der Waals surface area contributed by atoms with E-state index in [1.54, 1.807) is 42.9 Å². The van der Waals surface area contributed by atoms with Gasteiger partial charge in [-0.3, -0.25) is 14.2 Å². The average Bonchev–Trinajstić information content (AvgIpc) is 2.93. The predicted octanol–water partition coefficient (Wildman–Crippen LogP) is 2.77. The van der Waals surface area contributed by atoms with Crippen LogP contribution in [0.4, 0.5) is 0 Å². The van der Waals surface area contributed by atoms with Crippen molar-refractivity contribution in [1.82, 2.24) is 19.4 Å². The number of ether oxygens (including phenoxy) is 1. The van der Waals surface area contributed by atoms with Crippen LogP contribution in [0.15, 0.2) is 36.4 Å². The molecule has 0 radical (unpaired) electrons.